The zero-order valence-electron chi connectivity index (χ0n) is 10.0. The summed E-state index contributed by atoms with van der Waals surface area (Å²) in [5.74, 6) is -0.0261. The van der Waals surface area contributed by atoms with Gasteiger partial charge < -0.3 is 15.3 Å². The van der Waals surface area contributed by atoms with Crippen LogP contribution in [0.5, 0.6) is 0 Å². The Morgan fingerprint density at radius 2 is 2.24 bits per heavy atom. The normalized spacial score (nSPS) is 10.1. The van der Waals surface area contributed by atoms with Crippen molar-refractivity contribution in [1.29, 1.82) is 0 Å². The Hall–Kier alpha value is -1.07. The van der Waals surface area contributed by atoms with Crippen LogP contribution in [0.1, 0.15) is 12.5 Å². The first-order valence-corrected chi connectivity index (χ1v) is 6.25. The van der Waals surface area contributed by atoms with Crippen LogP contribution in [0.4, 0.5) is 5.69 Å². The summed E-state index contributed by atoms with van der Waals surface area (Å²) in [7, 11) is 1.83. The average molecular weight is 301 g/mol. The van der Waals surface area contributed by atoms with E-state index in [0.29, 0.717) is 6.54 Å². The maximum atomic E-state index is 11.5. The molecular weight excluding hydrogens is 284 g/mol. The van der Waals surface area contributed by atoms with E-state index < -0.39 is 0 Å². The standard InChI is InChI=1S/C12H17BrN2O2/c1-3-14-12(17)7-15(2)11-5-4-10(13)6-9(11)8-16/h4-6,16H,3,7-8H2,1-2H3,(H,14,17). The molecule has 0 aliphatic carbocycles. The topological polar surface area (TPSA) is 52.6 Å². The van der Waals surface area contributed by atoms with Crippen LogP contribution in [0.25, 0.3) is 0 Å². The van der Waals surface area contributed by atoms with Gasteiger partial charge in [0.15, 0.2) is 0 Å². The SMILES string of the molecule is CCNC(=O)CN(C)c1ccc(Br)cc1CO. The summed E-state index contributed by atoms with van der Waals surface area (Å²) in [5, 5.41) is 12.0. The Kier molecular flexibility index (Phi) is 5.44. The molecule has 0 saturated carbocycles. The van der Waals surface area contributed by atoms with Crippen LogP contribution >= 0.6 is 15.9 Å². The fourth-order valence-electron chi connectivity index (χ4n) is 1.61. The van der Waals surface area contributed by atoms with E-state index in [4.69, 9.17) is 0 Å². The van der Waals surface area contributed by atoms with Crippen LogP contribution in [0.3, 0.4) is 0 Å². The summed E-state index contributed by atoms with van der Waals surface area (Å²) in [6.45, 7) is 2.74. The number of aliphatic hydroxyl groups excluding tert-OH is 1. The smallest absolute Gasteiger partial charge is 0.239 e. The number of likely N-dealkylation sites (N-methyl/N-ethyl adjacent to an activating group) is 2. The van der Waals surface area contributed by atoms with Gasteiger partial charge in [0.2, 0.25) is 5.91 Å². The van der Waals surface area contributed by atoms with Crippen molar-refractivity contribution in [3.05, 3.63) is 28.2 Å². The first-order valence-electron chi connectivity index (χ1n) is 5.45. The van der Waals surface area contributed by atoms with Gasteiger partial charge in [-0.1, -0.05) is 15.9 Å². The van der Waals surface area contributed by atoms with Crippen LogP contribution in [0.2, 0.25) is 0 Å². The summed E-state index contributed by atoms with van der Waals surface area (Å²) in [6.07, 6.45) is 0. The third-order valence-corrected chi connectivity index (χ3v) is 2.87. The molecular formula is C12H17BrN2O2. The summed E-state index contributed by atoms with van der Waals surface area (Å²) in [4.78, 5) is 13.3. The molecule has 0 aromatic heterocycles. The molecule has 0 aliphatic heterocycles. The number of hydrogen-bond acceptors (Lipinski definition) is 3. The molecule has 0 saturated heterocycles. The minimum absolute atomic E-state index is 0.0261. The molecule has 0 fully saturated rings. The van der Waals surface area contributed by atoms with E-state index >= 15 is 0 Å². The molecule has 1 aromatic carbocycles. The van der Waals surface area contributed by atoms with Gasteiger partial charge >= 0.3 is 0 Å². The second-order valence-corrected chi connectivity index (χ2v) is 4.66. The average Bonchev–Trinajstić information content (AvgIpc) is 2.28. The van der Waals surface area contributed by atoms with E-state index in [1.807, 2.05) is 37.1 Å². The lowest BCUT2D eigenvalue weighted by Crippen LogP contribution is -2.35. The molecule has 1 aromatic rings. The van der Waals surface area contributed by atoms with E-state index in [1.54, 1.807) is 0 Å². The lowest BCUT2D eigenvalue weighted by Gasteiger charge is -2.21. The van der Waals surface area contributed by atoms with Crippen LogP contribution in [0, 0.1) is 0 Å². The van der Waals surface area contributed by atoms with Crippen LogP contribution in [-0.2, 0) is 11.4 Å². The Morgan fingerprint density at radius 3 is 2.82 bits per heavy atom. The Morgan fingerprint density at radius 1 is 1.53 bits per heavy atom. The highest BCUT2D eigenvalue weighted by Gasteiger charge is 2.10. The zero-order chi connectivity index (χ0) is 12.8. The van der Waals surface area contributed by atoms with Gasteiger partial charge in [0.05, 0.1) is 13.2 Å². The summed E-state index contributed by atoms with van der Waals surface area (Å²) < 4.78 is 0.914. The van der Waals surface area contributed by atoms with Gasteiger partial charge in [-0.05, 0) is 25.1 Å². The molecule has 0 radical (unpaired) electrons. The van der Waals surface area contributed by atoms with Crippen molar-refractivity contribution in [2.45, 2.75) is 13.5 Å². The number of nitrogens with one attached hydrogen (secondary N) is 1. The third-order valence-electron chi connectivity index (χ3n) is 2.38. The van der Waals surface area contributed by atoms with E-state index in [2.05, 4.69) is 21.2 Å². The molecule has 5 heteroatoms. The molecule has 0 atom stereocenters. The summed E-state index contributed by atoms with van der Waals surface area (Å²) >= 11 is 3.35. The minimum Gasteiger partial charge on any atom is -0.392 e. The van der Waals surface area contributed by atoms with Gasteiger partial charge in [-0.3, -0.25) is 4.79 Å². The highest BCUT2D eigenvalue weighted by Crippen LogP contribution is 2.23. The number of halogens is 1. The number of benzene rings is 1. The van der Waals surface area contributed by atoms with Gasteiger partial charge in [0.25, 0.3) is 0 Å². The van der Waals surface area contributed by atoms with E-state index in [-0.39, 0.29) is 19.1 Å². The highest BCUT2D eigenvalue weighted by molar-refractivity contribution is 9.10. The second kappa shape index (κ2) is 6.61. The molecule has 0 aliphatic rings. The number of nitrogens with zero attached hydrogens (tertiary/aromatic N) is 1. The highest BCUT2D eigenvalue weighted by atomic mass is 79.9. The Bertz CT molecular complexity index is 396. The lowest BCUT2D eigenvalue weighted by molar-refractivity contribution is -0.119. The van der Waals surface area contributed by atoms with Crippen molar-refractivity contribution < 1.29 is 9.90 Å². The van der Waals surface area contributed by atoms with Crippen molar-refractivity contribution in [1.82, 2.24) is 5.32 Å². The van der Waals surface area contributed by atoms with E-state index in [9.17, 15) is 9.90 Å². The quantitative estimate of drug-likeness (QED) is 0.867. The maximum Gasteiger partial charge on any atom is 0.239 e. The van der Waals surface area contributed by atoms with Crippen molar-refractivity contribution in [2.24, 2.45) is 0 Å². The Balaban J connectivity index is 2.81. The van der Waals surface area contributed by atoms with Gasteiger partial charge in [-0.2, -0.15) is 0 Å². The fraction of sp³-hybridized carbons (Fsp3) is 0.417. The molecule has 0 spiro atoms. The second-order valence-electron chi connectivity index (χ2n) is 3.74. The van der Waals surface area contributed by atoms with Gasteiger partial charge in [-0.15, -0.1) is 0 Å². The number of aliphatic hydroxyl groups is 1. The molecule has 94 valence electrons. The van der Waals surface area contributed by atoms with Crippen LogP contribution in [-0.4, -0.2) is 31.2 Å². The fourth-order valence-corrected chi connectivity index (χ4v) is 2.02. The van der Waals surface area contributed by atoms with Gasteiger partial charge in [0, 0.05) is 29.3 Å². The first kappa shape index (κ1) is 14.0. The van der Waals surface area contributed by atoms with Gasteiger partial charge in [-0.25, -0.2) is 0 Å². The first-order chi connectivity index (χ1) is 8.08. The molecule has 0 heterocycles. The predicted octanol–water partition coefficient (Wildman–Crippen LogP) is 1.51. The van der Waals surface area contributed by atoms with Crippen molar-refractivity contribution in [3.8, 4) is 0 Å². The molecule has 1 rings (SSSR count). The van der Waals surface area contributed by atoms with Gasteiger partial charge in [0.1, 0.15) is 0 Å². The number of hydrogen-bond donors (Lipinski definition) is 2. The Labute approximate surface area is 110 Å². The number of anilines is 1. The largest absolute Gasteiger partial charge is 0.392 e. The number of amides is 1. The zero-order valence-corrected chi connectivity index (χ0v) is 11.6. The molecule has 2 N–H and O–H groups in total. The van der Waals surface area contributed by atoms with E-state index in [1.165, 1.54) is 0 Å². The number of rotatable bonds is 5. The molecule has 1 amide bonds. The predicted molar refractivity (Wildman–Crippen MR) is 72.0 cm³/mol. The molecule has 0 bridgehead atoms. The van der Waals surface area contributed by atoms with Crippen molar-refractivity contribution in [2.75, 3.05) is 25.0 Å². The maximum absolute atomic E-state index is 11.5. The van der Waals surface area contributed by atoms with Crippen molar-refractivity contribution >= 4 is 27.5 Å². The summed E-state index contributed by atoms with van der Waals surface area (Å²) in [6, 6.07) is 5.63. The summed E-state index contributed by atoms with van der Waals surface area (Å²) in [5.41, 5.74) is 1.66. The number of carbonyl (C=O) groups excluding carboxylic acids is 1. The van der Waals surface area contributed by atoms with Crippen molar-refractivity contribution in [3.63, 3.8) is 0 Å². The van der Waals surface area contributed by atoms with Crippen LogP contribution < -0.4 is 10.2 Å². The minimum atomic E-state index is -0.0471. The van der Waals surface area contributed by atoms with Crippen LogP contribution in [0.15, 0.2) is 22.7 Å². The molecule has 17 heavy (non-hydrogen) atoms. The van der Waals surface area contributed by atoms with E-state index in [0.717, 1.165) is 15.7 Å². The number of carbonyl (C=O) groups is 1. The monoisotopic (exact) mass is 300 g/mol. The molecule has 4 nitrogen and oxygen atoms in total. The molecule has 0 unspecified atom stereocenters. The third kappa shape index (κ3) is 4.02. The lowest BCUT2D eigenvalue weighted by atomic mass is 10.1.